The number of benzene rings is 1. The number of likely N-dealkylation sites (tertiary alicyclic amines) is 1. The molecule has 0 aliphatic carbocycles. The Balaban J connectivity index is 1.67. The molecule has 1 aliphatic rings. The fraction of sp³-hybridized carbons (Fsp3) is 0.438. The Morgan fingerprint density at radius 3 is 3.00 bits per heavy atom. The molecular weight excluding hydrogens is 334 g/mol. The first-order chi connectivity index (χ1) is 11.5. The van der Waals surface area contributed by atoms with Gasteiger partial charge in [-0.1, -0.05) is 17.4 Å². The summed E-state index contributed by atoms with van der Waals surface area (Å²) < 4.78 is 27.1. The smallest absolute Gasteiger partial charge is 0.230 e. The number of hydrogen-bond acceptors (Lipinski definition) is 5. The van der Waals surface area contributed by atoms with E-state index >= 15 is 0 Å². The van der Waals surface area contributed by atoms with Gasteiger partial charge < -0.3 is 5.32 Å². The van der Waals surface area contributed by atoms with Crippen LogP contribution in [0.4, 0.5) is 13.9 Å². The van der Waals surface area contributed by atoms with Gasteiger partial charge in [0.1, 0.15) is 17.1 Å². The number of aromatic nitrogens is 2. The molecule has 0 radical (unpaired) electrons. The highest BCUT2D eigenvalue weighted by Gasteiger charge is 2.30. The van der Waals surface area contributed by atoms with Gasteiger partial charge in [0.15, 0.2) is 0 Å². The third-order valence-corrected chi connectivity index (χ3v) is 4.98. The summed E-state index contributed by atoms with van der Waals surface area (Å²) in [7, 11) is 0. The van der Waals surface area contributed by atoms with E-state index in [1.54, 1.807) is 5.51 Å². The van der Waals surface area contributed by atoms with E-state index in [0.29, 0.717) is 17.2 Å². The van der Waals surface area contributed by atoms with Gasteiger partial charge in [0.05, 0.1) is 5.92 Å². The van der Waals surface area contributed by atoms with Crippen LogP contribution in [0.25, 0.3) is 0 Å². The van der Waals surface area contributed by atoms with Crippen molar-refractivity contribution in [2.75, 3.05) is 18.4 Å². The molecule has 3 rings (SSSR count). The summed E-state index contributed by atoms with van der Waals surface area (Å²) in [6, 6.07) is 3.41. The highest BCUT2D eigenvalue weighted by atomic mass is 32.1. The van der Waals surface area contributed by atoms with Crippen LogP contribution in [0, 0.1) is 17.6 Å². The van der Waals surface area contributed by atoms with Gasteiger partial charge in [0.2, 0.25) is 11.0 Å². The van der Waals surface area contributed by atoms with E-state index in [1.807, 2.05) is 6.92 Å². The summed E-state index contributed by atoms with van der Waals surface area (Å²) in [6.07, 6.45) is 1.63. The van der Waals surface area contributed by atoms with Gasteiger partial charge in [-0.2, -0.15) is 0 Å². The maximum atomic E-state index is 14.0. The summed E-state index contributed by atoms with van der Waals surface area (Å²) in [5, 5.41) is 10.7. The molecule has 1 fully saturated rings. The molecule has 2 heterocycles. The molecule has 5 nitrogen and oxygen atoms in total. The van der Waals surface area contributed by atoms with E-state index in [9.17, 15) is 13.6 Å². The highest BCUT2D eigenvalue weighted by molar-refractivity contribution is 7.13. The van der Waals surface area contributed by atoms with Crippen LogP contribution in [0.2, 0.25) is 0 Å². The second-order valence-corrected chi connectivity index (χ2v) is 6.74. The summed E-state index contributed by atoms with van der Waals surface area (Å²) in [5.41, 5.74) is 2.00. The number of rotatable bonds is 4. The minimum atomic E-state index is -0.587. The molecule has 8 heteroatoms. The fourth-order valence-corrected chi connectivity index (χ4v) is 3.49. The van der Waals surface area contributed by atoms with Crippen LogP contribution >= 0.6 is 11.3 Å². The molecule has 24 heavy (non-hydrogen) atoms. The van der Waals surface area contributed by atoms with E-state index in [0.717, 1.165) is 25.5 Å². The maximum absolute atomic E-state index is 14.0. The summed E-state index contributed by atoms with van der Waals surface area (Å²) in [5.74, 6) is -1.42. The monoisotopic (exact) mass is 352 g/mol. The first-order valence-electron chi connectivity index (χ1n) is 7.80. The number of anilines is 1. The standard InChI is InChI=1S/C16H18F2N4OS/c1-10(13-5-4-12(17)7-14(13)18)22-6-2-3-11(8-22)15(23)20-16-21-19-9-24-16/h4-5,7,9-11H,2-3,6,8H2,1H3,(H,20,21,23)/t10-,11+/m1/s1. The van der Waals surface area contributed by atoms with Gasteiger partial charge in [-0.05, 0) is 32.4 Å². The fourth-order valence-electron chi connectivity index (χ4n) is 3.04. The van der Waals surface area contributed by atoms with Gasteiger partial charge in [-0.3, -0.25) is 9.69 Å². The number of piperidine rings is 1. The van der Waals surface area contributed by atoms with Gasteiger partial charge in [-0.15, -0.1) is 10.2 Å². The third kappa shape index (κ3) is 3.76. The van der Waals surface area contributed by atoms with E-state index in [1.165, 1.54) is 23.5 Å². The van der Waals surface area contributed by atoms with Crippen molar-refractivity contribution in [2.45, 2.75) is 25.8 Å². The van der Waals surface area contributed by atoms with Crippen molar-refractivity contribution >= 4 is 22.4 Å². The van der Waals surface area contributed by atoms with Crippen LogP contribution in [0.3, 0.4) is 0 Å². The van der Waals surface area contributed by atoms with Crippen molar-refractivity contribution in [3.63, 3.8) is 0 Å². The Morgan fingerprint density at radius 1 is 1.46 bits per heavy atom. The number of amides is 1. The molecule has 0 saturated carbocycles. The van der Waals surface area contributed by atoms with Gasteiger partial charge in [0, 0.05) is 24.2 Å². The Hall–Kier alpha value is -1.93. The predicted molar refractivity (Wildman–Crippen MR) is 87.6 cm³/mol. The van der Waals surface area contributed by atoms with Crippen molar-refractivity contribution < 1.29 is 13.6 Å². The molecule has 0 spiro atoms. The first kappa shape index (κ1) is 16.9. The predicted octanol–water partition coefficient (Wildman–Crippen LogP) is 3.23. The van der Waals surface area contributed by atoms with E-state index in [-0.39, 0.29) is 17.9 Å². The van der Waals surface area contributed by atoms with Crippen molar-refractivity contribution in [3.8, 4) is 0 Å². The lowest BCUT2D eigenvalue weighted by Crippen LogP contribution is -2.42. The normalized spacial score (nSPS) is 19.9. The Morgan fingerprint density at radius 2 is 2.29 bits per heavy atom. The lowest BCUT2D eigenvalue weighted by Gasteiger charge is -2.36. The van der Waals surface area contributed by atoms with E-state index < -0.39 is 11.6 Å². The second-order valence-electron chi connectivity index (χ2n) is 5.91. The number of hydrogen-bond donors (Lipinski definition) is 1. The number of carbonyl (C=O) groups is 1. The van der Waals surface area contributed by atoms with Crippen LogP contribution in [0.1, 0.15) is 31.4 Å². The zero-order chi connectivity index (χ0) is 17.1. The zero-order valence-electron chi connectivity index (χ0n) is 13.2. The molecule has 1 aliphatic heterocycles. The van der Waals surface area contributed by atoms with Crippen LogP contribution in [0.15, 0.2) is 23.7 Å². The molecule has 1 saturated heterocycles. The molecule has 0 bridgehead atoms. The molecule has 128 valence electrons. The molecule has 1 N–H and O–H groups in total. The van der Waals surface area contributed by atoms with Crippen LogP contribution < -0.4 is 5.32 Å². The zero-order valence-corrected chi connectivity index (χ0v) is 14.0. The molecule has 1 aromatic heterocycles. The van der Waals surface area contributed by atoms with Crippen LogP contribution in [-0.2, 0) is 4.79 Å². The Kier molecular flexibility index (Phi) is 5.15. The quantitative estimate of drug-likeness (QED) is 0.918. The number of halogens is 2. The molecular formula is C16H18F2N4OS. The van der Waals surface area contributed by atoms with Crippen LogP contribution in [-0.4, -0.2) is 34.1 Å². The maximum Gasteiger partial charge on any atom is 0.230 e. The molecule has 2 aromatic rings. The van der Waals surface area contributed by atoms with Crippen molar-refractivity contribution in [1.29, 1.82) is 0 Å². The number of nitrogens with one attached hydrogen (secondary N) is 1. The summed E-state index contributed by atoms with van der Waals surface area (Å²) >= 11 is 1.27. The average Bonchev–Trinajstić information content (AvgIpc) is 3.07. The van der Waals surface area contributed by atoms with Crippen molar-refractivity contribution in [3.05, 3.63) is 40.9 Å². The van der Waals surface area contributed by atoms with Crippen molar-refractivity contribution in [2.24, 2.45) is 5.92 Å². The molecule has 0 unspecified atom stereocenters. The summed E-state index contributed by atoms with van der Waals surface area (Å²) in [4.78, 5) is 14.4. The van der Waals surface area contributed by atoms with Gasteiger partial charge in [0.25, 0.3) is 0 Å². The Labute approximate surface area is 142 Å². The average molecular weight is 352 g/mol. The lowest BCUT2D eigenvalue weighted by atomic mass is 9.94. The molecule has 2 atom stereocenters. The van der Waals surface area contributed by atoms with Crippen molar-refractivity contribution in [1.82, 2.24) is 15.1 Å². The number of carbonyl (C=O) groups excluding carboxylic acids is 1. The minimum absolute atomic E-state index is 0.0942. The SMILES string of the molecule is C[C@H](c1ccc(F)cc1F)N1CCC[C@H](C(=O)Nc2nncs2)C1. The topological polar surface area (TPSA) is 58.1 Å². The van der Waals surface area contributed by atoms with E-state index in [2.05, 4.69) is 20.4 Å². The largest absolute Gasteiger partial charge is 0.300 e. The van der Waals surface area contributed by atoms with E-state index in [4.69, 9.17) is 0 Å². The highest BCUT2D eigenvalue weighted by Crippen LogP contribution is 2.29. The van der Waals surface area contributed by atoms with Crippen LogP contribution in [0.5, 0.6) is 0 Å². The third-order valence-electron chi connectivity index (χ3n) is 4.37. The second kappa shape index (κ2) is 7.31. The minimum Gasteiger partial charge on any atom is -0.300 e. The van der Waals surface area contributed by atoms with Gasteiger partial charge in [-0.25, -0.2) is 8.78 Å². The first-order valence-corrected chi connectivity index (χ1v) is 8.68. The van der Waals surface area contributed by atoms with Gasteiger partial charge >= 0.3 is 0 Å². The summed E-state index contributed by atoms with van der Waals surface area (Å²) in [6.45, 7) is 3.19. The Bertz CT molecular complexity index is 710. The molecule has 1 amide bonds. The lowest BCUT2D eigenvalue weighted by molar-refractivity contribution is -0.121. The molecule has 1 aromatic carbocycles. The number of nitrogens with zero attached hydrogens (tertiary/aromatic N) is 3.